The lowest BCUT2D eigenvalue weighted by Gasteiger charge is -2.28. The fraction of sp³-hybridized carbons (Fsp3) is 0.551. The van der Waals surface area contributed by atoms with Gasteiger partial charge in [0.25, 0.3) is 0 Å². The van der Waals surface area contributed by atoms with Crippen LogP contribution < -0.4 is 37.6 Å². The molecule has 0 spiro atoms. The molecule has 0 saturated carbocycles. The number of fused-ring (bicyclic) bond motifs is 1. The summed E-state index contributed by atoms with van der Waals surface area (Å²) in [6.45, 7) is 2.21. The van der Waals surface area contributed by atoms with Crippen LogP contribution in [-0.2, 0) is 55.9 Å². The molecule has 4 rings (SSSR count). The summed E-state index contributed by atoms with van der Waals surface area (Å²) in [5.41, 5.74) is 7.25. The van der Waals surface area contributed by atoms with Crippen LogP contribution in [-0.4, -0.2) is 123 Å². The highest BCUT2D eigenvalue weighted by molar-refractivity contribution is 5.96. The number of hydrogen-bond acceptors (Lipinski definition) is 12. The summed E-state index contributed by atoms with van der Waals surface area (Å²) in [6.07, 6.45) is 7.56. The van der Waals surface area contributed by atoms with E-state index in [2.05, 4.69) is 43.8 Å². The van der Waals surface area contributed by atoms with Gasteiger partial charge in [-0.25, -0.2) is 4.79 Å². The largest absolute Gasteiger partial charge is 0.508 e. The Morgan fingerprint density at radius 1 is 0.812 bits per heavy atom. The van der Waals surface area contributed by atoms with Crippen molar-refractivity contribution in [2.45, 2.75) is 159 Å². The first kappa shape index (κ1) is 55.1. The number of aromatic amines is 1. The lowest BCUT2D eigenvalue weighted by atomic mass is 10.0. The van der Waals surface area contributed by atoms with E-state index in [1.54, 1.807) is 12.3 Å². The van der Waals surface area contributed by atoms with Crippen LogP contribution in [0.25, 0.3) is 10.9 Å². The molecule has 12 N–H and O–H groups in total. The molecule has 378 valence electrons. The third-order valence-electron chi connectivity index (χ3n) is 11.9. The van der Waals surface area contributed by atoms with E-state index < -0.39 is 96.3 Å². The van der Waals surface area contributed by atoms with Gasteiger partial charge < -0.3 is 62.7 Å². The van der Waals surface area contributed by atoms with Crippen LogP contribution in [0.15, 0.2) is 54.7 Å². The number of carbonyl (C=O) groups excluding carboxylic acids is 8. The zero-order valence-corrected chi connectivity index (χ0v) is 39.6. The number of nitrogens with one attached hydrogen (secondary N) is 7. The second kappa shape index (κ2) is 28.7. The molecule has 1 aliphatic rings. The van der Waals surface area contributed by atoms with Crippen LogP contribution in [0.4, 0.5) is 0 Å². The number of H-pyrrole nitrogens is 1. The van der Waals surface area contributed by atoms with Gasteiger partial charge in [-0.15, -0.1) is 0 Å². The molecule has 1 aromatic heterocycles. The van der Waals surface area contributed by atoms with Gasteiger partial charge in [0.2, 0.25) is 41.4 Å². The number of primary amides is 1. The summed E-state index contributed by atoms with van der Waals surface area (Å²) >= 11 is 0. The van der Waals surface area contributed by atoms with Crippen LogP contribution in [0.1, 0.15) is 115 Å². The van der Waals surface area contributed by atoms with Crippen molar-refractivity contribution >= 4 is 58.2 Å². The van der Waals surface area contributed by atoms with Crippen LogP contribution in [0.2, 0.25) is 0 Å². The summed E-state index contributed by atoms with van der Waals surface area (Å²) < 4.78 is 5.73. The van der Waals surface area contributed by atoms with Crippen molar-refractivity contribution in [2.24, 2.45) is 5.73 Å². The quantitative estimate of drug-likeness (QED) is 0.0476. The number of benzene rings is 2. The molecule has 7 atom stereocenters. The van der Waals surface area contributed by atoms with Crippen LogP contribution in [0.3, 0.4) is 0 Å². The van der Waals surface area contributed by atoms with Gasteiger partial charge in [0.05, 0.1) is 19.1 Å². The number of carbonyl (C=O) groups is 8. The minimum absolute atomic E-state index is 0.0547. The zero-order chi connectivity index (χ0) is 50.3. The number of hydrogen-bond donors (Lipinski definition) is 11. The predicted octanol–water partition coefficient (Wildman–Crippen LogP) is 1.46. The average molecular weight is 963 g/mol. The van der Waals surface area contributed by atoms with Crippen molar-refractivity contribution in [1.29, 1.82) is 0 Å². The zero-order valence-electron chi connectivity index (χ0n) is 39.6. The second-order valence-electron chi connectivity index (χ2n) is 17.6. The number of ether oxygens (including phenoxy) is 1. The van der Waals surface area contributed by atoms with E-state index in [1.807, 2.05) is 18.2 Å². The van der Waals surface area contributed by atoms with Crippen molar-refractivity contribution < 1.29 is 58.4 Å². The Bertz CT molecular complexity index is 2180. The number of phenolic OH excluding ortho intramolecular Hbond substituents is 1. The standard InChI is InChI=1S/C49H70N8O12/c1-3-4-5-6-7-8-9-10-11-14-34(60)27-43(63)53-37(21-22-41(50)61)45(64)57-44-30(2)69-49(68)39(25-31-17-19-33(59)20-18-31)55-47(66)40(29-58)56-46(65)38(54-42(62)23-24-51-48(44)67)26-32-28-52-36-16-13-12-15-35(32)36/h12-13,15-20,28,30,34,37-40,44,52,58-60H,3-11,14,21-27,29H2,1-2H3,(H2,50,61)(H,51,67)(H,53,63)(H,54,62)(H,55,66)(H,56,65)(H,57,64)/t30-,34-,37-,38-,39-,40+,44+/m1/s1. The van der Waals surface area contributed by atoms with E-state index in [0.717, 1.165) is 36.6 Å². The van der Waals surface area contributed by atoms with Gasteiger partial charge in [-0.3, -0.25) is 33.6 Å². The molecule has 1 aliphatic heterocycles. The summed E-state index contributed by atoms with van der Waals surface area (Å²) in [6, 6.07) is 5.35. The van der Waals surface area contributed by atoms with Crippen LogP contribution in [0.5, 0.6) is 5.75 Å². The number of phenols is 1. The summed E-state index contributed by atoms with van der Waals surface area (Å²) in [5, 5.41) is 46.8. The number of rotatable bonds is 23. The van der Waals surface area contributed by atoms with Crippen molar-refractivity contribution in [3.8, 4) is 5.75 Å². The molecule has 20 heteroatoms. The maximum Gasteiger partial charge on any atom is 0.329 e. The molecule has 0 bridgehead atoms. The van der Waals surface area contributed by atoms with E-state index in [-0.39, 0.29) is 50.8 Å². The number of amides is 7. The smallest absolute Gasteiger partial charge is 0.329 e. The molecule has 3 aromatic rings. The molecule has 20 nitrogen and oxygen atoms in total. The maximum absolute atomic E-state index is 14.0. The number of aromatic hydroxyl groups is 1. The minimum Gasteiger partial charge on any atom is -0.508 e. The highest BCUT2D eigenvalue weighted by Crippen LogP contribution is 2.20. The van der Waals surface area contributed by atoms with Crippen molar-refractivity contribution in [3.63, 3.8) is 0 Å². The first-order valence-electron chi connectivity index (χ1n) is 24.0. The van der Waals surface area contributed by atoms with Crippen molar-refractivity contribution in [2.75, 3.05) is 13.2 Å². The summed E-state index contributed by atoms with van der Waals surface area (Å²) in [4.78, 5) is 111. The number of aromatic nitrogens is 1. The van der Waals surface area contributed by atoms with E-state index in [4.69, 9.17) is 10.5 Å². The Morgan fingerprint density at radius 3 is 2.14 bits per heavy atom. The molecule has 2 aromatic carbocycles. The highest BCUT2D eigenvalue weighted by Gasteiger charge is 2.36. The molecule has 7 amide bonds. The molecular weight excluding hydrogens is 893 g/mol. The molecule has 0 unspecified atom stereocenters. The molecule has 0 radical (unpaired) electrons. The lowest BCUT2D eigenvalue weighted by Crippen LogP contribution is -2.59. The fourth-order valence-corrected chi connectivity index (χ4v) is 8.00. The fourth-order valence-electron chi connectivity index (χ4n) is 8.00. The molecule has 0 aliphatic carbocycles. The lowest BCUT2D eigenvalue weighted by molar-refractivity contribution is -0.156. The normalized spacial score (nSPS) is 20.6. The molecule has 69 heavy (non-hydrogen) atoms. The predicted molar refractivity (Wildman–Crippen MR) is 255 cm³/mol. The number of para-hydroxylation sites is 1. The van der Waals surface area contributed by atoms with Gasteiger partial charge >= 0.3 is 5.97 Å². The van der Waals surface area contributed by atoms with Gasteiger partial charge in [0.1, 0.15) is 42.1 Å². The molecule has 2 heterocycles. The van der Waals surface area contributed by atoms with E-state index in [0.29, 0.717) is 24.0 Å². The number of esters is 1. The maximum atomic E-state index is 14.0. The SMILES string of the molecule is CCCCCCCCCCC[C@@H](O)CC(=O)N[C@H](CCC(N)=O)C(=O)N[C@@H]1C(=O)NCCC(=O)N[C@H](Cc2c[nH]c3ccccc23)C(=O)N[C@@H](CO)C(=O)N[C@H](Cc2ccc(O)cc2)C(=O)O[C@@H]1C. The van der Waals surface area contributed by atoms with Gasteiger partial charge in [-0.1, -0.05) is 95.0 Å². The Balaban J connectivity index is 1.55. The van der Waals surface area contributed by atoms with Gasteiger partial charge in [0, 0.05) is 49.3 Å². The molecule has 1 saturated heterocycles. The van der Waals surface area contributed by atoms with Gasteiger partial charge in [-0.2, -0.15) is 0 Å². The first-order valence-corrected chi connectivity index (χ1v) is 24.0. The van der Waals surface area contributed by atoms with E-state index >= 15 is 0 Å². The van der Waals surface area contributed by atoms with E-state index in [9.17, 15) is 53.7 Å². The van der Waals surface area contributed by atoms with Gasteiger partial charge in [0.15, 0.2) is 0 Å². The number of aliphatic hydroxyl groups excluding tert-OH is 2. The van der Waals surface area contributed by atoms with E-state index in [1.165, 1.54) is 56.9 Å². The Kier molecular flexibility index (Phi) is 22.9. The van der Waals surface area contributed by atoms with Crippen molar-refractivity contribution in [3.05, 3.63) is 65.9 Å². The topological polar surface area (TPSA) is 320 Å². The summed E-state index contributed by atoms with van der Waals surface area (Å²) in [5.74, 6) is -7.07. The number of cyclic esters (lactones) is 1. The second-order valence-corrected chi connectivity index (χ2v) is 17.6. The Morgan fingerprint density at radius 2 is 1.46 bits per heavy atom. The Labute approximate surface area is 402 Å². The van der Waals surface area contributed by atoms with Crippen LogP contribution in [0, 0.1) is 0 Å². The Hall–Kier alpha value is -6.54. The third kappa shape index (κ3) is 18.8. The average Bonchev–Trinajstić information content (AvgIpc) is 3.72. The number of aliphatic hydroxyl groups is 2. The first-order chi connectivity index (χ1) is 33.1. The minimum atomic E-state index is -1.70. The monoisotopic (exact) mass is 963 g/mol. The molecular formula is C49H70N8O12. The van der Waals surface area contributed by atoms with Crippen molar-refractivity contribution in [1.82, 2.24) is 36.9 Å². The molecule has 1 fully saturated rings. The van der Waals surface area contributed by atoms with Crippen LogP contribution >= 0.6 is 0 Å². The summed E-state index contributed by atoms with van der Waals surface area (Å²) in [7, 11) is 0. The highest BCUT2D eigenvalue weighted by atomic mass is 16.5. The number of unbranched alkanes of at least 4 members (excludes halogenated alkanes) is 8. The third-order valence-corrected chi connectivity index (χ3v) is 11.9. The van der Waals surface area contributed by atoms with Gasteiger partial charge in [-0.05, 0) is 49.1 Å². The number of nitrogens with two attached hydrogens (primary N) is 1.